The molecule has 1 aliphatic heterocycles. The smallest absolute Gasteiger partial charge is 0.244 e. The maximum absolute atomic E-state index is 12.1. The highest BCUT2D eigenvalue weighted by molar-refractivity contribution is 5.96. The van der Waals surface area contributed by atoms with E-state index in [0.717, 1.165) is 19.3 Å². The molecule has 114 valence electrons. The molecule has 1 aromatic carbocycles. The zero-order valence-electron chi connectivity index (χ0n) is 12.2. The van der Waals surface area contributed by atoms with Crippen LogP contribution >= 0.6 is 0 Å². The van der Waals surface area contributed by atoms with Gasteiger partial charge in [0.05, 0.1) is 19.3 Å². The summed E-state index contributed by atoms with van der Waals surface area (Å²) in [5.41, 5.74) is 6.79. The number of ether oxygens (including phenoxy) is 1. The number of likely N-dealkylation sites (tertiary alicyclic amines) is 1. The number of methoxy groups -OCH3 is 1. The highest BCUT2D eigenvalue weighted by Gasteiger charge is 2.19. The van der Waals surface area contributed by atoms with Crippen LogP contribution in [0.1, 0.15) is 25.7 Å². The van der Waals surface area contributed by atoms with Crippen LogP contribution in [0, 0.1) is 0 Å². The Hall–Kier alpha value is -2.24. The number of nitrogens with one attached hydrogen (secondary N) is 1. The summed E-state index contributed by atoms with van der Waals surface area (Å²) in [4.78, 5) is 25.6. The Morgan fingerprint density at radius 2 is 2.19 bits per heavy atom. The van der Waals surface area contributed by atoms with E-state index < -0.39 is 0 Å². The van der Waals surface area contributed by atoms with Gasteiger partial charge in [-0.15, -0.1) is 0 Å². The minimum Gasteiger partial charge on any atom is -0.494 e. The second-order valence-corrected chi connectivity index (χ2v) is 5.13. The Kier molecular flexibility index (Phi) is 5.03. The molecule has 0 aliphatic carbocycles. The van der Waals surface area contributed by atoms with Crippen LogP contribution < -0.4 is 15.8 Å². The summed E-state index contributed by atoms with van der Waals surface area (Å²) in [6, 6.07) is 5.03. The van der Waals surface area contributed by atoms with Crippen LogP contribution in [0.4, 0.5) is 11.4 Å². The number of carbonyl (C=O) groups excluding carboxylic acids is 2. The summed E-state index contributed by atoms with van der Waals surface area (Å²) in [6.07, 6.45) is 3.42. The summed E-state index contributed by atoms with van der Waals surface area (Å²) in [6.45, 7) is 0.720. The molecule has 0 spiro atoms. The van der Waals surface area contributed by atoms with Crippen molar-refractivity contribution in [2.75, 3.05) is 31.2 Å². The van der Waals surface area contributed by atoms with E-state index in [0.29, 0.717) is 30.1 Å². The Balaban J connectivity index is 1.99. The fraction of sp³-hybridized carbons (Fsp3) is 0.467. The van der Waals surface area contributed by atoms with Gasteiger partial charge in [-0.25, -0.2) is 0 Å². The Bertz CT molecular complexity index is 531. The van der Waals surface area contributed by atoms with Crippen molar-refractivity contribution in [1.29, 1.82) is 0 Å². The molecule has 1 saturated heterocycles. The van der Waals surface area contributed by atoms with E-state index in [2.05, 4.69) is 5.32 Å². The summed E-state index contributed by atoms with van der Waals surface area (Å²) in [7, 11) is 1.52. The Morgan fingerprint density at radius 3 is 2.95 bits per heavy atom. The van der Waals surface area contributed by atoms with E-state index in [1.54, 1.807) is 23.1 Å². The molecule has 6 heteroatoms. The summed E-state index contributed by atoms with van der Waals surface area (Å²) >= 11 is 0. The lowest BCUT2D eigenvalue weighted by atomic mass is 10.2. The number of hydrogen-bond acceptors (Lipinski definition) is 4. The van der Waals surface area contributed by atoms with E-state index in [1.807, 2.05) is 0 Å². The molecule has 3 N–H and O–H groups in total. The van der Waals surface area contributed by atoms with Crippen molar-refractivity contribution in [3.8, 4) is 5.75 Å². The number of nitrogen functional groups attached to an aromatic ring is 1. The van der Waals surface area contributed by atoms with Crippen molar-refractivity contribution in [3.63, 3.8) is 0 Å². The van der Waals surface area contributed by atoms with Gasteiger partial charge in [0.15, 0.2) is 0 Å². The van der Waals surface area contributed by atoms with Gasteiger partial charge in [0.2, 0.25) is 11.8 Å². The highest BCUT2D eigenvalue weighted by atomic mass is 16.5. The van der Waals surface area contributed by atoms with Crippen molar-refractivity contribution in [1.82, 2.24) is 4.90 Å². The predicted octanol–water partition coefficient (Wildman–Crippen LogP) is 1.62. The van der Waals surface area contributed by atoms with Gasteiger partial charge in [-0.2, -0.15) is 0 Å². The van der Waals surface area contributed by atoms with Crippen LogP contribution in [0.15, 0.2) is 18.2 Å². The first-order valence-corrected chi connectivity index (χ1v) is 7.11. The molecule has 0 saturated carbocycles. The van der Waals surface area contributed by atoms with Crippen LogP contribution in [0.5, 0.6) is 5.75 Å². The number of benzene rings is 1. The largest absolute Gasteiger partial charge is 0.494 e. The SMILES string of the molecule is COc1cc(N)ccc1NC(=O)CN1CCCCCC1=O. The molecule has 0 radical (unpaired) electrons. The fourth-order valence-corrected chi connectivity index (χ4v) is 2.38. The van der Waals surface area contributed by atoms with Gasteiger partial charge < -0.3 is 20.7 Å². The van der Waals surface area contributed by atoms with E-state index in [9.17, 15) is 9.59 Å². The predicted molar refractivity (Wildman–Crippen MR) is 81.1 cm³/mol. The van der Waals surface area contributed by atoms with E-state index >= 15 is 0 Å². The lowest BCUT2D eigenvalue weighted by Crippen LogP contribution is -2.37. The topological polar surface area (TPSA) is 84.7 Å². The quantitative estimate of drug-likeness (QED) is 0.826. The molecular weight excluding hydrogens is 270 g/mol. The van der Waals surface area contributed by atoms with Gasteiger partial charge in [0.25, 0.3) is 0 Å². The molecule has 0 atom stereocenters. The van der Waals surface area contributed by atoms with E-state index in [4.69, 9.17) is 10.5 Å². The summed E-state index contributed by atoms with van der Waals surface area (Å²) < 4.78 is 5.18. The lowest BCUT2D eigenvalue weighted by molar-refractivity contribution is -0.134. The highest BCUT2D eigenvalue weighted by Crippen LogP contribution is 2.26. The second-order valence-electron chi connectivity index (χ2n) is 5.13. The molecule has 6 nitrogen and oxygen atoms in total. The number of nitrogens with zero attached hydrogens (tertiary/aromatic N) is 1. The van der Waals surface area contributed by atoms with Gasteiger partial charge in [-0.3, -0.25) is 9.59 Å². The first kappa shape index (κ1) is 15.2. The monoisotopic (exact) mass is 291 g/mol. The van der Waals surface area contributed by atoms with Gasteiger partial charge >= 0.3 is 0 Å². The number of nitrogens with two attached hydrogens (primary N) is 1. The van der Waals surface area contributed by atoms with Gasteiger partial charge in [0.1, 0.15) is 5.75 Å². The minimum absolute atomic E-state index is 0.0481. The lowest BCUT2D eigenvalue weighted by Gasteiger charge is -2.20. The van der Waals surface area contributed by atoms with Gasteiger partial charge in [0, 0.05) is 24.7 Å². The van der Waals surface area contributed by atoms with Crippen LogP contribution in [-0.2, 0) is 9.59 Å². The van der Waals surface area contributed by atoms with Crippen LogP contribution in [0.3, 0.4) is 0 Å². The molecule has 0 aromatic heterocycles. The summed E-state index contributed by atoms with van der Waals surface area (Å²) in [5.74, 6) is 0.325. The molecule has 0 unspecified atom stereocenters. The Labute approximate surface area is 124 Å². The second kappa shape index (κ2) is 6.97. The van der Waals surface area contributed by atoms with Crippen molar-refractivity contribution in [2.24, 2.45) is 0 Å². The molecule has 0 bridgehead atoms. The van der Waals surface area contributed by atoms with Gasteiger partial charge in [-0.1, -0.05) is 6.42 Å². The zero-order valence-corrected chi connectivity index (χ0v) is 12.2. The maximum Gasteiger partial charge on any atom is 0.244 e. The number of rotatable bonds is 4. The maximum atomic E-state index is 12.1. The molecule has 1 aromatic rings. The third kappa shape index (κ3) is 4.11. The zero-order chi connectivity index (χ0) is 15.2. The average Bonchev–Trinajstić information content (AvgIpc) is 2.66. The molecule has 2 amide bonds. The van der Waals surface area contributed by atoms with Crippen molar-refractivity contribution >= 4 is 23.2 Å². The number of anilines is 2. The molecule has 2 rings (SSSR count). The molecule has 21 heavy (non-hydrogen) atoms. The summed E-state index contributed by atoms with van der Waals surface area (Å²) in [5, 5.41) is 2.76. The molecular formula is C15H21N3O3. The fourth-order valence-electron chi connectivity index (χ4n) is 2.38. The number of hydrogen-bond donors (Lipinski definition) is 2. The number of amides is 2. The molecule has 1 fully saturated rings. The van der Waals surface area contributed by atoms with Crippen LogP contribution in [0.25, 0.3) is 0 Å². The molecule has 1 aliphatic rings. The van der Waals surface area contributed by atoms with E-state index in [-0.39, 0.29) is 18.4 Å². The van der Waals surface area contributed by atoms with Crippen molar-refractivity contribution in [2.45, 2.75) is 25.7 Å². The minimum atomic E-state index is -0.228. The standard InChI is InChI=1S/C15H21N3O3/c1-21-13-9-11(16)6-7-12(13)17-14(19)10-18-8-4-2-3-5-15(18)20/h6-7,9H,2-5,8,10,16H2,1H3,(H,17,19). The Morgan fingerprint density at radius 1 is 1.38 bits per heavy atom. The first-order chi connectivity index (χ1) is 10.1. The normalized spacial score (nSPS) is 15.5. The van der Waals surface area contributed by atoms with Crippen LogP contribution in [0.2, 0.25) is 0 Å². The van der Waals surface area contributed by atoms with Crippen LogP contribution in [-0.4, -0.2) is 36.9 Å². The molecule has 1 heterocycles. The van der Waals surface area contributed by atoms with Crippen molar-refractivity contribution < 1.29 is 14.3 Å². The van der Waals surface area contributed by atoms with Crippen molar-refractivity contribution in [3.05, 3.63) is 18.2 Å². The van der Waals surface area contributed by atoms with E-state index in [1.165, 1.54) is 7.11 Å². The number of carbonyl (C=O) groups is 2. The average molecular weight is 291 g/mol. The van der Waals surface area contributed by atoms with Gasteiger partial charge in [-0.05, 0) is 25.0 Å². The first-order valence-electron chi connectivity index (χ1n) is 7.11. The third-order valence-corrected chi connectivity index (χ3v) is 3.51. The third-order valence-electron chi connectivity index (χ3n) is 3.51.